The molecule has 0 unspecified atom stereocenters. The van der Waals surface area contributed by atoms with Crippen molar-refractivity contribution in [2.45, 2.75) is 43.7 Å². The van der Waals surface area contributed by atoms with E-state index in [9.17, 15) is 14.3 Å². The lowest BCUT2D eigenvalue weighted by Crippen LogP contribution is -2.44. The molecule has 1 aromatic rings. The van der Waals surface area contributed by atoms with E-state index in [1.165, 1.54) is 24.8 Å². The van der Waals surface area contributed by atoms with Gasteiger partial charge in [-0.3, -0.25) is 9.69 Å². The zero-order valence-electron chi connectivity index (χ0n) is 13.5. The first kappa shape index (κ1) is 16.4. The number of esters is 1. The normalized spacial score (nSPS) is 29.6. The van der Waals surface area contributed by atoms with Gasteiger partial charge in [0.05, 0.1) is 19.1 Å². The van der Waals surface area contributed by atoms with Crippen molar-refractivity contribution in [2.24, 2.45) is 5.92 Å². The van der Waals surface area contributed by atoms with Gasteiger partial charge in [0, 0.05) is 6.04 Å². The molecule has 2 fully saturated rings. The number of nitrogens with zero attached hydrogens (tertiary/aromatic N) is 1. The van der Waals surface area contributed by atoms with Crippen molar-refractivity contribution in [1.29, 1.82) is 0 Å². The molecule has 0 bridgehead atoms. The number of hydrogen-bond donors (Lipinski definition) is 1. The van der Waals surface area contributed by atoms with Crippen LogP contribution < -0.4 is 0 Å². The van der Waals surface area contributed by atoms with Crippen LogP contribution in [0.2, 0.25) is 0 Å². The Morgan fingerprint density at radius 1 is 1.22 bits per heavy atom. The molecule has 0 aromatic heterocycles. The van der Waals surface area contributed by atoms with Gasteiger partial charge in [0.15, 0.2) is 0 Å². The van der Waals surface area contributed by atoms with E-state index in [4.69, 9.17) is 4.74 Å². The standard InChI is InChI=1S/C18H24FNO3/c1-23-18(22)14-10-16(17(21)11-14)20-8-6-13(7-9-20)12-2-4-15(19)5-3-12/h2-5,13-14,16-17,21H,6-11H2,1H3/t14-,16+,17+/m0/s1. The number of carbonyl (C=O) groups is 1. The largest absolute Gasteiger partial charge is 0.469 e. The van der Waals surface area contributed by atoms with Crippen LogP contribution in [-0.4, -0.2) is 48.3 Å². The maximum Gasteiger partial charge on any atom is 0.308 e. The third-order valence-electron chi connectivity index (χ3n) is 5.37. The van der Waals surface area contributed by atoms with Gasteiger partial charge in [-0.1, -0.05) is 12.1 Å². The molecule has 23 heavy (non-hydrogen) atoms. The Bertz CT molecular complexity index is 540. The van der Waals surface area contributed by atoms with Crippen molar-refractivity contribution in [2.75, 3.05) is 20.2 Å². The third kappa shape index (κ3) is 3.56. The van der Waals surface area contributed by atoms with Crippen molar-refractivity contribution >= 4 is 5.97 Å². The molecule has 0 spiro atoms. The summed E-state index contributed by atoms with van der Waals surface area (Å²) in [5.41, 5.74) is 1.19. The zero-order chi connectivity index (χ0) is 16.4. The summed E-state index contributed by atoms with van der Waals surface area (Å²) >= 11 is 0. The topological polar surface area (TPSA) is 49.8 Å². The number of halogens is 1. The van der Waals surface area contributed by atoms with E-state index in [2.05, 4.69) is 4.90 Å². The highest BCUT2D eigenvalue weighted by atomic mass is 19.1. The van der Waals surface area contributed by atoms with Crippen LogP contribution in [0, 0.1) is 11.7 Å². The zero-order valence-corrected chi connectivity index (χ0v) is 13.5. The number of benzene rings is 1. The molecule has 1 saturated carbocycles. The number of aliphatic hydroxyl groups excluding tert-OH is 1. The van der Waals surface area contributed by atoms with Gasteiger partial charge in [-0.05, 0) is 62.4 Å². The van der Waals surface area contributed by atoms with E-state index in [1.54, 1.807) is 0 Å². The van der Waals surface area contributed by atoms with Gasteiger partial charge in [-0.25, -0.2) is 4.39 Å². The first-order valence-corrected chi connectivity index (χ1v) is 8.34. The van der Waals surface area contributed by atoms with Gasteiger partial charge >= 0.3 is 5.97 Å². The number of hydrogen-bond acceptors (Lipinski definition) is 4. The van der Waals surface area contributed by atoms with E-state index < -0.39 is 6.10 Å². The Kier molecular flexibility index (Phi) is 4.97. The Hall–Kier alpha value is -1.46. The van der Waals surface area contributed by atoms with Crippen LogP contribution in [0.25, 0.3) is 0 Å². The SMILES string of the molecule is COC(=O)[C@@H]1C[C@@H](O)[C@H](N2CCC(c3ccc(F)cc3)CC2)C1. The number of aliphatic hydroxyl groups is 1. The maximum absolute atomic E-state index is 13.0. The highest BCUT2D eigenvalue weighted by Crippen LogP contribution is 2.35. The molecular weight excluding hydrogens is 297 g/mol. The first-order valence-electron chi connectivity index (χ1n) is 8.34. The van der Waals surface area contributed by atoms with E-state index >= 15 is 0 Å². The summed E-state index contributed by atoms with van der Waals surface area (Å²) in [4.78, 5) is 14.0. The van der Waals surface area contributed by atoms with Crippen molar-refractivity contribution in [3.05, 3.63) is 35.6 Å². The Morgan fingerprint density at radius 3 is 2.48 bits per heavy atom. The maximum atomic E-state index is 13.0. The van der Waals surface area contributed by atoms with Crippen LogP contribution in [0.15, 0.2) is 24.3 Å². The molecule has 1 saturated heterocycles. The second-order valence-corrected chi connectivity index (χ2v) is 6.69. The van der Waals surface area contributed by atoms with Crippen LogP contribution in [0.3, 0.4) is 0 Å². The van der Waals surface area contributed by atoms with Crippen LogP contribution in [-0.2, 0) is 9.53 Å². The molecule has 1 aromatic carbocycles. The van der Waals surface area contributed by atoms with E-state index in [-0.39, 0.29) is 23.7 Å². The van der Waals surface area contributed by atoms with Gasteiger partial charge < -0.3 is 9.84 Å². The first-order chi connectivity index (χ1) is 11.1. The van der Waals surface area contributed by atoms with Gasteiger partial charge in [0.2, 0.25) is 0 Å². The quantitative estimate of drug-likeness (QED) is 0.868. The van der Waals surface area contributed by atoms with Crippen LogP contribution in [0.5, 0.6) is 0 Å². The van der Waals surface area contributed by atoms with Gasteiger partial charge in [-0.15, -0.1) is 0 Å². The summed E-state index contributed by atoms with van der Waals surface area (Å²) in [6.45, 7) is 1.80. The highest BCUT2D eigenvalue weighted by Gasteiger charge is 2.41. The smallest absolute Gasteiger partial charge is 0.308 e. The lowest BCUT2D eigenvalue weighted by Gasteiger charge is -2.37. The van der Waals surface area contributed by atoms with Crippen LogP contribution in [0.1, 0.15) is 37.2 Å². The molecular formula is C18H24FNO3. The molecule has 1 aliphatic carbocycles. The second kappa shape index (κ2) is 6.97. The fraction of sp³-hybridized carbons (Fsp3) is 0.611. The number of ether oxygens (including phenoxy) is 1. The van der Waals surface area contributed by atoms with Crippen molar-refractivity contribution in [1.82, 2.24) is 4.90 Å². The minimum atomic E-state index is -0.457. The van der Waals surface area contributed by atoms with E-state index in [0.29, 0.717) is 18.8 Å². The monoisotopic (exact) mass is 321 g/mol. The van der Waals surface area contributed by atoms with Crippen molar-refractivity contribution in [3.8, 4) is 0 Å². The molecule has 3 rings (SSSR count). The molecule has 4 nitrogen and oxygen atoms in total. The molecule has 0 amide bonds. The van der Waals surface area contributed by atoms with E-state index in [1.807, 2.05) is 12.1 Å². The minimum Gasteiger partial charge on any atom is -0.469 e. The van der Waals surface area contributed by atoms with Crippen LogP contribution in [0.4, 0.5) is 4.39 Å². The number of likely N-dealkylation sites (tertiary alicyclic amines) is 1. The van der Waals surface area contributed by atoms with Crippen LogP contribution >= 0.6 is 0 Å². The molecule has 1 N–H and O–H groups in total. The number of methoxy groups -OCH3 is 1. The molecule has 1 aliphatic heterocycles. The fourth-order valence-electron chi connectivity index (χ4n) is 4.04. The third-order valence-corrected chi connectivity index (χ3v) is 5.37. The molecule has 126 valence electrons. The average molecular weight is 321 g/mol. The summed E-state index contributed by atoms with van der Waals surface area (Å²) in [6.07, 6.45) is 2.71. The van der Waals surface area contributed by atoms with Gasteiger partial charge in [-0.2, -0.15) is 0 Å². The van der Waals surface area contributed by atoms with Gasteiger partial charge in [0.25, 0.3) is 0 Å². The van der Waals surface area contributed by atoms with Gasteiger partial charge in [0.1, 0.15) is 5.82 Å². The Morgan fingerprint density at radius 2 is 1.87 bits per heavy atom. The molecule has 2 aliphatic rings. The summed E-state index contributed by atoms with van der Waals surface area (Å²) in [5, 5.41) is 10.3. The number of piperidine rings is 1. The lowest BCUT2D eigenvalue weighted by molar-refractivity contribution is -0.145. The predicted octanol–water partition coefficient (Wildman–Crippen LogP) is 2.32. The average Bonchev–Trinajstić information content (AvgIpc) is 2.97. The number of rotatable bonds is 3. The molecule has 5 heteroatoms. The Balaban J connectivity index is 1.56. The predicted molar refractivity (Wildman–Crippen MR) is 84.5 cm³/mol. The summed E-state index contributed by atoms with van der Waals surface area (Å²) in [5.74, 6) is -0.154. The molecule has 0 radical (unpaired) electrons. The summed E-state index contributed by atoms with van der Waals surface area (Å²) in [7, 11) is 1.40. The highest BCUT2D eigenvalue weighted by molar-refractivity contribution is 5.72. The fourth-order valence-corrected chi connectivity index (χ4v) is 4.04. The summed E-state index contributed by atoms with van der Waals surface area (Å²) in [6, 6.07) is 6.82. The molecule has 1 heterocycles. The van der Waals surface area contributed by atoms with E-state index in [0.717, 1.165) is 25.9 Å². The second-order valence-electron chi connectivity index (χ2n) is 6.69. The lowest BCUT2D eigenvalue weighted by atomic mass is 9.88. The van der Waals surface area contributed by atoms with Crippen molar-refractivity contribution in [3.63, 3.8) is 0 Å². The van der Waals surface area contributed by atoms with Crippen molar-refractivity contribution < 1.29 is 19.0 Å². The summed E-state index contributed by atoms with van der Waals surface area (Å²) < 4.78 is 17.8. The Labute approximate surface area is 136 Å². The minimum absolute atomic E-state index is 0.0493. The molecule has 3 atom stereocenters. The number of carbonyl (C=O) groups excluding carboxylic acids is 1.